The van der Waals surface area contributed by atoms with Crippen molar-refractivity contribution in [3.8, 4) is 0 Å². The fourth-order valence-corrected chi connectivity index (χ4v) is 8.90. The van der Waals surface area contributed by atoms with Gasteiger partial charge in [-0.3, -0.25) is 4.79 Å². The Hall–Kier alpha value is -1.75. The zero-order valence-electron chi connectivity index (χ0n) is 19.5. The lowest BCUT2D eigenvalue weighted by atomic mass is 9.49. The number of aromatic nitrogens is 3. The average Bonchev–Trinajstić information content (AvgIpc) is 3.33. The minimum absolute atomic E-state index is 0.141. The van der Waals surface area contributed by atoms with Crippen molar-refractivity contribution in [2.75, 3.05) is 0 Å². The van der Waals surface area contributed by atoms with E-state index in [1.165, 1.54) is 38.5 Å². The highest BCUT2D eigenvalue weighted by Gasteiger charge is 2.58. The molecule has 0 radical (unpaired) electrons. The molecule has 32 heavy (non-hydrogen) atoms. The molecule has 6 rings (SSSR count). The van der Waals surface area contributed by atoms with Gasteiger partial charge in [0.25, 0.3) is 0 Å². The van der Waals surface area contributed by atoms with E-state index in [4.69, 9.17) is 0 Å². The van der Waals surface area contributed by atoms with E-state index in [2.05, 4.69) is 17.0 Å². The maximum atomic E-state index is 13.6. The number of nitrogens with zero attached hydrogens (tertiary/aromatic N) is 3. The summed E-state index contributed by atoms with van der Waals surface area (Å²) in [4.78, 5) is 18.0. The number of Topliss-reactive ketones (excluding diaryl/α,β-unsaturated/α-hetero) is 1. The first kappa shape index (κ1) is 20.8. The second kappa shape index (κ2) is 7.38. The van der Waals surface area contributed by atoms with Gasteiger partial charge in [0.05, 0.1) is 11.8 Å². The van der Waals surface area contributed by atoms with E-state index in [0.29, 0.717) is 24.2 Å². The minimum atomic E-state index is -0.451. The molecule has 0 bridgehead atoms. The molecule has 4 fully saturated rings. The Morgan fingerprint density at radius 3 is 2.81 bits per heavy atom. The number of carbonyl (C=O) groups excluding carboxylic acids is 1. The first-order valence-corrected chi connectivity index (χ1v) is 12.9. The van der Waals surface area contributed by atoms with E-state index >= 15 is 0 Å². The molecular weight excluding hydrogens is 398 g/mol. The summed E-state index contributed by atoms with van der Waals surface area (Å²) >= 11 is 0. The van der Waals surface area contributed by atoms with Crippen LogP contribution in [0.1, 0.15) is 71.6 Å². The minimum Gasteiger partial charge on any atom is -0.390 e. The monoisotopic (exact) mass is 435 g/mol. The third-order valence-electron chi connectivity index (χ3n) is 10.3. The number of fused-ring (bicyclic) bond motifs is 6. The van der Waals surface area contributed by atoms with Crippen LogP contribution in [0.3, 0.4) is 0 Å². The van der Waals surface area contributed by atoms with Gasteiger partial charge >= 0.3 is 0 Å². The molecule has 4 aliphatic rings. The van der Waals surface area contributed by atoms with Gasteiger partial charge in [0.1, 0.15) is 6.54 Å². The zero-order chi connectivity index (χ0) is 22.1. The highest BCUT2D eigenvalue weighted by atomic mass is 16.3. The predicted molar refractivity (Wildman–Crippen MR) is 124 cm³/mol. The molecule has 0 saturated heterocycles. The molecule has 0 spiro atoms. The number of aliphatic hydroxyl groups is 1. The fourth-order valence-electron chi connectivity index (χ4n) is 8.90. The lowest BCUT2D eigenvalue weighted by molar-refractivity contribution is -0.133. The highest BCUT2D eigenvalue weighted by molar-refractivity contribution is 5.84. The summed E-state index contributed by atoms with van der Waals surface area (Å²) < 4.78 is 1.80. The van der Waals surface area contributed by atoms with Crippen LogP contribution in [-0.2, 0) is 11.3 Å². The van der Waals surface area contributed by atoms with Crippen molar-refractivity contribution in [2.45, 2.75) is 83.8 Å². The third-order valence-corrected chi connectivity index (χ3v) is 10.3. The largest absolute Gasteiger partial charge is 0.390 e. The molecular formula is C27H37N3O2. The molecule has 8 atom stereocenters. The van der Waals surface area contributed by atoms with Gasteiger partial charge in [0.15, 0.2) is 11.4 Å². The van der Waals surface area contributed by atoms with Gasteiger partial charge in [-0.2, -0.15) is 5.10 Å². The topological polar surface area (TPSA) is 68.0 Å². The molecule has 5 heteroatoms. The Bertz CT molecular complexity index is 1030. The quantitative estimate of drug-likeness (QED) is 0.735. The van der Waals surface area contributed by atoms with Gasteiger partial charge in [0.2, 0.25) is 0 Å². The predicted octanol–water partition coefficient (Wildman–Crippen LogP) is 5.02. The fraction of sp³-hybridized carbons (Fsp3) is 0.741. The van der Waals surface area contributed by atoms with Gasteiger partial charge in [-0.15, -0.1) is 0 Å². The Kier molecular flexibility index (Phi) is 4.80. The standard InChI is InChI=1S/C27H37N3O2/c1-26(32)11-9-19-17(14-26)5-6-21-20(19)10-12-27(2)22(21)7-8-23(27)24(31)16-30-25-18(15-29-30)4-3-13-28-25/h3-4,13,15,17,19-23,32H,5-12,14,16H2,1-2H3/t17-,19+,20-,21-,22+,23-,26-,27+/m1/s1. The van der Waals surface area contributed by atoms with E-state index < -0.39 is 5.60 Å². The molecule has 1 N–H and O–H groups in total. The molecule has 0 aliphatic heterocycles. The molecule has 0 aromatic carbocycles. The summed E-state index contributed by atoms with van der Waals surface area (Å²) in [5.41, 5.74) is 0.505. The lowest BCUT2D eigenvalue weighted by Gasteiger charge is -2.56. The van der Waals surface area contributed by atoms with Gasteiger partial charge in [-0.25, -0.2) is 9.67 Å². The first-order chi connectivity index (χ1) is 15.4. The highest BCUT2D eigenvalue weighted by Crippen LogP contribution is 2.64. The molecule has 4 aliphatic carbocycles. The van der Waals surface area contributed by atoms with Crippen LogP contribution < -0.4 is 0 Å². The molecule has 0 amide bonds. The molecule has 4 saturated carbocycles. The number of rotatable bonds is 3. The van der Waals surface area contributed by atoms with E-state index in [1.54, 1.807) is 10.9 Å². The van der Waals surface area contributed by atoms with E-state index in [9.17, 15) is 9.90 Å². The van der Waals surface area contributed by atoms with Gasteiger partial charge in [-0.05, 0) is 112 Å². The summed E-state index contributed by atoms with van der Waals surface area (Å²) in [6.45, 7) is 4.82. The smallest absolute Gasteiger partial charge is 0.158 e. The molecule has 172 valence electrons. The summed E-state index contributed by atoms with van der Waals surface area (Å²) in [6.07, 6.45) is 14.0. The first-order valence-electron chi connectivity index (χ1n) is 12.9. The molecule has 2 heterocycles. The number of pyridine rings is 1. The Balaban J connectivity index is 1.20. The summed E-state index contributed by atoms with van der Waals surface area (Å²) in [6, 6.07) is 3.92. The van der Waals surface area contributed by atoms with Crippen LogP contribution >= 0.6 is 0 Å². The van der Waals surface area contributed by atoms with Crippen LogP contribution in [-0.4, -0.2) is 31.3 Å². The third kappa shape index (κ3) is 3.18. The number of ketones is 1. The van der Waals surface area contributed by atoms with E-state index in [-0.39, 0.29) is 11.3 Å². The Morgan fingerprint density at radius 2 is 1.94 bits per heavy atom. The van der Waals surface area contributed by atoms with E-state index in [1.807, 2.05) is 25.3 Å². The second-order valence-electron chi connectivity index (χ2n) is 12.0. The summed E-state index contributed by atoms with van der Waals surface area (Å²) in [5.74, 6) is 4.30. The van der Waals surface area contributed by atoms with Crippen LogP contribution in [0.4, 0.5) is 0 Å². The van der Waals surface area contributed by atoms with Crippen molar-refractivity contribution >= 4 is 16.8 Å². The van der Waals surface area contributed by atoms with Crippen LogP contribution in [0.25, 0.3) is 11.0 Å². The molecule has 5 nitrogen and oxygen atoms in total. The summed E-state index contributed by atoms with van der Waals surface area (Å²) in [7, 11) is 0. The maximum Gasteiger partial charge on any atom is 0.158 e. The van der Waals surface area contributed by atoms with Gasteiger partial charge < -0.3 is 5.11 Å². The Labute approximate surface area is 191 Å². The SMILES string of the molecule is C[C@@]1(O)CC[C@H]2[C@H](CC[C@@H]3[C@@H]2CC[C@]2(C)[C@@H](C(=O)Cn4ncc5cccnc54)CC[C@@H]32)C1. The van der Waals surface area contributed by atoms with E-state index in [0.717, 1.165) is 48.0 Å². The number of carbonyl (C=O) groups is 1. The van der Waals surface area contributed by atoms with Crippen LogP contribution in [0, 0.1) is 40.9 Å². The van der Waals surface area contributed by atoms with Crippen molar-refractivity contribution in [1.29, 1.82) is 0 Å². The average molecular weight is 436 g/mol. The van der Waals surface area contributed by atoms with Crippen molar-refractivity contribution < 1.29 is 9.90 Å². The molecule has 2 aromatic heterocycles. The summed E-state index contributed by atoms with van der Waals surface area (Å²) in [5, 5.41) is 16.1. The lowest BCUT2D eigenvalue weighted by Crippen LogP contribution is -2.51. The van der Waals surface area contributed by atoms with Crippen molar-refractivity contribution in [3.63, 3.8) is 0 Å². The van der Waals surface area contributed by atoms with Crippen molar-refractivity contribution in [2.24, 2.45) is 40.9 Å². The second-order valence-corrected chi connectivity index (χ2v) is 12.0. The zero-order valence-corrected chi connectivity index (χ0v) is 19.5. The maximum absolute atomic E-state index is 13.6. The normalized spacial score (nSPS) is 43.5. The van der Waals surface area contributed by atoms with Crippen LogP contribution in [0.2, 0.25) is 0 Å². The van der Waals surface area contributed by atoms with Crippen molar-refractivity contribution in [3.05, 3.63) is 24.5 Å². The van der Waals surface area contributed by atoms with Crippen molar-refractivity contribution in [1.82, 2.24) is 14.8 Å². The van der Waals surface area contributed by atoms with Crippen LogP contribution in [0.15, 0.2) is 24.5 Å². The number of hydrogen-bond acceptors (Lipinski definition) is 4. The molecule has 2 aromatic rings. The number of hydrogen-bond donors (Lipinski definition) is 1. The van der Waals surface area contributed by atoms with Gasteiger partial charge in [0, 0.05) is 17.5 Å². The Morgan fingerprint density at radius 1 is 1.09 bits per heavy atom. The van der Waals surface area contributed by atoms with Gasteiger partial charge in [-0.1, -0.05) is 6.92 Å². The van der Waals surface area contributed by atoms with Crippen LogP contribution in [0.5, 0.6) is 0 Å². The molecule has 0 unspecified atom stereocenters.